The van der Waals surface area contributed by atoms with Crippen molar-refractivity contribution in [2.75, 3.05) is 13.1 Å². The molecule has 2 aliphatic rings. The second-order valence-corrected chi connectivity index (χ2v) is 7.82. The predicted octanol–water partition coefficient (Wildman–Crippen LogP) is 0.948. The Balaban J connectivity index is 1.27. The first-order chi connectivity index (χ1) is 15.0. The fourth-order valence-corrected chi connectivity index (χ4v) is 3.86. The molecule has 3 N–H and O–H groups in total. The van der Waals surface area contributed by atoms with Gasteiger partial charge in [-0.05, 0) is 17.6 Å². The Morgan fingerprint density at radius 3 is 2.81 bits per heavy atom. The molecular weight excluding hydrogens is 398 g/mol. The largest absolute Gasteiger partial charge is 0.447 e. The van der Waals surface area contributed by atoms with Gasteiger partial charge in [-0.3, -0.25) is 9.59 Å². The van der Waals surface area contributed by atoms with Crippen LogP contribution in [0.15, 0.2) is 64.8 Å². The minimum Gasteiger partial charge on any atom is -0.447 e. The van der Waals surface area contributed by atoms with Crippen molar-refractivity contribution in [2.24, 2.45) is 5.92 Å². The molecule has 0 spiro atoms. The molecule has 31 heavy (non-hydrogen) atoms. The van der Waals surface area contributed by atoms with E-state index in [-0.39, 0.29) is 18.4 Å². The molecule has 162 valence electrons. The molecule has 1 aliphatic heterocycles. The normalized spacial score (nSPS) is 19.5. The van der Waals surface area contributed by atoms with Gasteiger partial charge < -0.3 is 24.8 Å². The summed E-state index contributed by atoms with van der Waals surface area (Å²) in [5, 5.41) is 22.9. The van der Waals surface area contributed by atoms with E-state index in [0.29, 0.717) is 25.2 Å². The number of allylic oxidation sites excluding steroid dienone is 3. The fraction of sp³-hybridized carbons (Fsp3) is 0.348. The molecule has 2 amide bonds. The quantitative estimate of drug-likeness (QED) is 0.611. The number of nitrogens with zero attached hydrogens (tertiary/aromatic N) is 2. The topological polar surface area (TPSA) is 116 Å². The van der Waals surface area contributed by atoms with Gasteiger partial charge in [-0.2, -0.15) is 0 Å². The number of aliphatic hydroxyl groups excluding tert-OH is 2. The van der Waals surface area contributed by atoms with Crippen molar-refractivity contribution in [3.63, 3.8) is 0 Å². The zero-order chi connectivity index (χ0) is 21.8. The van der Waals surface area contributed by atoms with Gasteiger partial charge in [-0.25, -0.2) is 4.98 Å². The minimum atomic E-state index is -1.87. The maximum atomic E-state index is 12.5. The van der Waals surface area contributed by atoms with Gasteiger partial charge in [0.15, 0.2) is 12.2 Å². The van der Waals surface area contributed by atoms with Crippen LogP contribution >= 0.6 is 0 Å². The molecule has 2 aromatic rings. The molecule has 8 heteroatoms. The number of aromatic nitrogens is 1. The van der Waals surface area contributed by atoms with Crippen molar-refractivity contribution >= 4 is 11.8 Å². The third kappa shape index (κ3) is 4.92. The lowest BCUT2D eigenvalue weighted by Crippen LogP contribution is -2.50. The summed E-state index contributed by atoms with van der Waals surface area (Å²) >= 11 is 0. The molecule has 1 aromatic carbocycles. The first-order valence-electron chi connectivity index (χ1n) is 10.3. The molecule has 1 aromatic heterocycles. The average Bonchev–Trinajstić information content (AvgIpc) is 3.43. The Kier molecular flexibility index (Phi) is 6.29. The van der Waals surface area contributed by atoms with Gasteiger partial charge in [0.25, 0.3) is 11.8 Å². The number of carbonyl (C=O) groups excluding carboxylic acids is 2. The number of carbonyl (C=O) groups is 2. The van der Waals surface area contributed by atoms with E-state index < -0.39 is 24.0 Å². The van der Waals surface area contributed by atoms with Crippen LogP contribution in [0, 0.1) is 5.92 Å². The van der Waals surface area contributed by atoms with Crippen LogP contribution in [0.2, 0.25) is 0 Å². The first kappa shape index (κ1) is 21.0. The van der Waals surface area contributed by atoms with Crippen LogP contribution in [0.4, 0.5) is 0 Å². The van der Waals surface area contributed by atoms with Crippen molar-refractivity contribution in [2.45, 2.75) is 31.6 Å². The van der Waals surface area contributed by atoms with Crippen LogP contribution in [0.5, 0.6) is 0 Å². The predicted molar refractivity (Wildman–Crippen MR) is 112 cm³/mol. The number of amides is 2. The second kappa shape index (κ2) is 9.28. The lowest BCUT2D eigenvalue weighted by atomic mass is 9.95. The molecule has 0 radical (unpaired) electrons. The van der Waals surface area contributed by atoms with Crippen LogP contribution in [0.3, 0.4) is 0 Å². The second-order valence-electron chi connectivity index (χ2n) is 7.82. The number of hydrogen-bond donors (Lipinski definition) is 3. The minimum absolute atomic E-state index is 0.0596. The molecular formula is C23H25N3O5. The van der Waals surface area contributed by atoms with Crippen molar-refractivity contribution in [3.05, 3.63) is 77.5 Å². The van der Waals surface area contributed by atoms with Gasteiger partial charge in [-0.1, -0.05) is 48.6 Å². The maximum absolute atomic E-state index is 12.5. The number of benzene rings is 1. The lowest BCUT2D eigenvalue weighted by molar-refractivity contribution is -0.152. The van der Waals surface area contributed by atoms with E-state index in [9.17, 15) is 19.8 Å². The highest BCUT2D eigenvalue weighted by molar-refractivity contribution is 5.91. The van der Waals surface area contributed by atoms with Crippen LogP contribution in [0.25, 0.3) is 0 Å². The van der Waals surface area contributed by atoms with E-state index >= 15 is 0 Å². The van der Waals surface area contributed by atoms with E-state index in [1.165, 1.54) is 11.2 Å². The Morgan fingerprint density at radius 2 is 2.03 bits per heavy atom. The zero-order valence-electron chi connectivity index (χ0n) is 17.0. The smallest absolute Gasteiger partial charge is 0.255 e. The van der Waals surface area contributed by atoms with Crippen LogP contribution < -0.4 is 5.32 Å². The molecule has 1 saturated heterocycles. The molecule has 1 unspecified atom stereocenters. The van der Waals surface area contributed by atoms with Crippen molar-refractivity contribution < 1.29 is 24.2 Å². The summed E-state index contributed by atoms with van der Waals surface area (Å²) in [5.74, 6) is -1.00. The Labute approximate surface area is 179 Å². The zero-order valence-corrected chi connectivity index (χ0v) is 17.0. The molecule has 4 rings (SSSR count). The van der Waals surface area contributed by atoms with E-state index in [4.69, 9.17) is 4.42 Å². The molecule has 2 heterocycles. The first-order valence-corrected chi connectivity index (χ1v) is 10.3. The average molecular weight is 423 g/mol. The standard InChI is InChI=1S/C23H25N3O5/c27-20(21(28)23(30)26-12-16-8-4-5-9-17(16)13-26)22(29)24-11-19-25-18(14-31-19)10-15-6-2-1-3-7-15/h1-8,14,17,20-21,27-28H,9-13H2,(H,24,29)/t17?,20-,21-/m1/s1. The molecule has 0 saturated carbocycles. The van der Waals surface area contributed by atoms with Gasteiger partial charge in [0.1, 0.15) is 6.26 Å². The van der Waals surface area contributed by atoms with Gasteiger partial charge in [0.05, 0.1) is 12.2 Å². The van der Waals surface area contributed by atoms with Crippen molar-refractivity contribution in [1.82, 2.24) is 15.2 Å². The Bertz CT molecular complexity index is 998. The maximum Gasteiger partial charge on any atom is 0.255 e. The molecule has 0 bridgehead atoms. The Morgan fingerprint density at radius 1 is 1.23 bits per heavy atom. The van der Waals surface area contributed by atoms with Gasteiger partial charge in [0, 0.05) is 25.4 Å². The number of oxazole rings is 1. The third-order valence-corrected chi connectivity index (χ3v) is 5.58. The third-order valence-electron chi connectivity index (χ3n) is 5.58. The van der Waals surface area contributed by atoms with Crippen molar-refractivity contribution in [3.8, 4) is 0 Å². The van der Waals surface area contributed by atoms with Gasteiger partial charge in [0.2, 0.25) is 5.89 Å². The summed E-state index contributed by atoms with van der Waals surface area (Å²) in [6, 6.07) is 9.77. The number of rotatable bonds is 7. The van der Waals surface area contributed by atoms with Crippen LogP contribution in [-0.2, 0) is 22.6 Å². The summed E-state index contributed by atoms with van der Waals surface area (Å²) in [6.45, 7) is 0.816. The van der Waals surface area contributed by atoms with E-state index in [1.807, 2.05) is 48.6 Å². The van der Waals surface area contributed by atoms with E-state index in [1.54, 1.807) is 0 Å². The highest BCUT2D eigenvalue weighted by atomic mass is 16.4. The van der Waals surface area contributed by atoms with E-state index in [0.717, 1.165) is 17.6 Å². The summed E-state index contributed by atoms with van der Waals surface area (Å²) in [4.78, 5) is 30.6. The number of hydrogen-bond acceptors (Lipinski definition) is 6. The Hall–Kier alpha value is -3.23. The van der Waals surface area contributed by atoms with Gasteiger partial charge >= 0.3 is 0 Å². The summed E-state index contributed by atoms with van der Waals surface area (Å²) in [6.07, 6.45) is 5.21. The summed E-state index contributed by atoms with van der Waals surface area (Å²) in [7, 11) is 0. The summed E-state index contributed by atoms with van der Waals surface area (Å²) < 4.78 is 5.35. The summed E-state index contributed by atoms with van der Waals surface area (Å²) in [5.41, 5.74) is 2.92. The molecule has 1 fully saturated rings. The van der Waals surface area contributed by atoms with Crippen LogP contribution in [0.1, 0.15) is 23.6 Å². The highest BCUT2D eigenvalue weighted by Crippen LogP contribution is 2.29. The number of likely N-dealkylation sites (tertiary alicyclic amines) is 1. The highest BCUT2D eigenvalue weighted by Gasteiger charge is 2.38. The van der Waals surface area contributed by atoms with Crippen molar-refractivity contribution in [1.29, 1.82) is 0 Å². The lowest BCUT2D eigenvalue weighted by Gasteiger charge is -2.22. The van der Waals surface area contributed by atoms with Gasteiger partial charge in [-0.15, -0.1) is 0 Å². The number of fused-ring (bicyclic) bond motifs is 1. The molecule has 1 aliphatic carbocycles. The fourth-order valence-electron chi connectivity index (χ4n) is 3.86. The van der Waals surface area contributed by atoms with E-state index in [2.05, 4.69) is 10.3 Å². The van der Waals surface area contributed by atoms with Crippen LogP contribution in [-0.4, -0.2) is 57.2 Å². The molecule has 3 atom stereocenters. The monoisotopic (exact) mass is 423 g/mol. The number of aliphatic hydroxyl groups is 2. The number of nitrogens with one attached hydrogen (secondary N) is 1. The molecule has 8 nitrogen and oxygen atoms in total. The SMILES string of the molecule is O=C(NCc1nc(Cc2ccccc2)co1)[C@H](O)[C@@H](O)C(=O)N1CC2=CC=CCC2C1.